The highest BCUT2D eigenvalue weighted by atomic mass is 79.9. The molecule has 0 saturated heterocycles. The summed E-state index contributed by atoms with van der Waals surface area (Å²) in [6.45, 7) is 1.51. The van der Waals surface area contributed by atoms with Crippen LogP contribution in [0.3, 0.4) is 0 Å². The van der Waals surface area contributed by atoms with Gasteiger partial charge in [0.25, 0.3) is 0 Å². The molecule has 3 nitrogen and oxygen atoms in total. The lowest BCUT2D eigenvalue weighted by molar-refractivity contribution is 0.677. The van der Waals surface area contributed by atoms with Gasteiger partial charge in [0.15, 0.2) is 0 Å². The largest absolute Gasteiger partial charge is 0.312 e. The molecule has 0 saturated carbocycles. The summed E-state index contributed by atoms with van der Waals surface area (Å²) in [6, 6.07) is 8.09. The second kappa shape index (κ2) is 6.41. The van der Waals surface area contributed by atoms with E-state index >= 15 is 0 Å². The van der Waals surface area contributed by atoms with Crippen molar-refractivity contribution in [3.63, 3.8) is 0 Å². The standard InChI is InChI=1S/C13H15BrN2OS/c1-18(17)8-7-15-9-10-4-5-12(14)11-3-2-6-16-13(10)11/h2-6,15H,7-9H2,1H3. The lowest BCUT2D eigenvalue weighted by atomic mass is 10.1. The normalized spacial score (nSPS) is 12.8. The first-order chi connectivity index (χ1) is 8.68. The molecular weight excluding hydrogens is 312 g/mol. The Balaban J connectivity index is 2.14. The zero-order valence-corrected chi connectivity index (χ0v) is 12.6. The van der Waals surface area contributed by atoms with Crippen molar-refractivity contribution < 1.29 is 4.21 Å². The Kier molecular flexibility index (Phi) is 4.86. The smallest absolute Gasteiger partial charge is 0.0758 e. The lowest BCUT2D eigenvalue weighted by Crippen LogP contribution is -2.19. The Morgan fingerprint density at radius 2 is 2.22 bits per heavy atom. The molecule has 0 fully saturated rings. The van der Waals surface area contributed by atoms with Gasteiger partial charge in [-0.15, -0.1) is 0 Å². The lowest BCUT2D eigenvalue weighted by Gasteiger charge is -2.08. The van der Waals surface area contributed by atoms with E-state index in [0.29, 0.717) is 5.75 Å². The van der Waals surface area contributed by atoms with Gasteiger partial charge in [0.2, 0.25) is 0 Å². The molecular formula is C13H15BrN2OS. The molecule has 1 heterocycles. The Hall–Kier alpha value is -0.780. The molecule has 1 aromatic heterocycles. The molecule has 18 heavy (non-hydrogen) atoms. The van der Waals surface area contributed by atoms with Gasteiger partial charge in [0.05, 0.1) is 5.52 Å². The molecule has 0 spiro atoms. The van der Waals surface area contributed by atoms with Crippen molar-refractivity contribution in [2.24, 2.45) is 0 Å². The molecule has 0 aliphatic rings. The SMILES string of the molecule is CS(=O)CCNCc1ccc(Br)c2cccnc12. The first-order valence-corrected chi connectivity index (χ1v) is 8.23. The van der Waals surface area contributed by atoms with Crippen molar-refractivity contribution in [2.75, 3.05) is 18.6 Å². The van der Waals surface area contributed by atoms with Gasteiger partial charge in [-0.3, -0.25) is 9.19 Å². The van der Waals surface area contributed by atoms with Gasteiger partial charge in [-0.2, -0.15) is 0 Å². The van der Waals surface area contributed by atoms with Crippen molar-refractivity contribution >= 4 is 37.6 Å². The monoisotopic (exact) mass is 326 g/mol. The number of benzene rings is 1. The van der Waals surface area contributed by atoms with Crippen molar-refractivity contribution in [3.05, 3.63) is 40.5 Å². The Bertz CT molecular complexity index is 574. The number of hydrogen-bond donors (Lipinski definition) is 1. The van der Waals surface area contributed by atoms with Gasteiger partial charge in [-0.05, 0) is 17.7 Å². The minimum atomic E-state index is -0.740. The summed E-state index contributed by atoms with van der Waals surface area (Å²) >= 11 is 3.53. The quantitative estimate of drug-likeness (QED) is 0.858. The molecule has 1 aromatic carbocycles. The van der Waals surface area contributed by atoms with Gasteiger partial charge in [0, 0.05) is 52.0 Å². The van der Waals surface area contributed by atoms with E-state index in [9.17, 15) is 4.21 Å². The zero-order valence-electron chi connectivity index (χ0n) is 10.1. The molecule has 2 rings (SSSR count). The van der Waals surface area contributed by atoms with E-state index in [4.69, 9.17) is 0 Å². The summed E-state index contributed by atoms with van der Waals surface area (Å²) in [6.07, 6.45) is 3.53. The maximum atomic E-state index is 11.0. The van der Waals surface area contributed by atoms with E-state index in [-0.39, 0.29) is 0 Å². The molecule has 1 unspecified atom stereocenters. The van der Waals surface area contributed by atoms with Gasteiger partial charge in [0.1, 0.15) is 0 Å². The fraction of sp³-hybridized carbons (Fsp3) is 0.308. The van der Waals surface area contributed by atoms with Gasteiger partial charge in [-0.1, -0.05) is 28.1 Å². The molecule has 0 aliphatic heterocycles. The van der Waals surface area contributed by atoms with Crippen LogP contribution < -0.4 is 5.32 Å². The predicted octanol–water partition coefficient (Wildman–Crippen LogP) is 2.47. The summed E-state index contributed by atoms with van der Waals surface area (Å²) in [5.41, 5.74) is 2.17. The van der Waals surface area contributed by atoms with Crippen LogP contribution in [0.1, 0.15) is 5.56 Å². The molecule has 1 N–H and O–H groups in total. The van der Waals surface area contributed by atoms with E-state index < -0.39 is 10.8 Å². The summed E-state index contributed by atoms with van der Waals surface area (Å²) in [5, 5.41) is 4.42. The average Bonchev–Trinajstić information content (AvgIpc) is 2.37. The number of nitrogens with zero attached hydrogens (tertiary/aromatic N) is 1. The third kappa shape index (κ3) is 3.37. The number of halogens is 1. The number of aromatic nitrogens is 1. The van der Waals surface area contributed by atoms with Crippen molar-refractivity contribution in [1.82, 2.24) is 10.3 Å². The Morgan fingerprint density at radius 1 is 1.39 bits per heavy atom. The molecule has 0 amide bonds. The molecule has 0 radical (unpaired) electrons. The molecule has 5 heteroatoms. The molecule has 2 aromatic rings. The molecule has 0 aliphatic carbocycles. The minimum Gasteiger partial charge on any atom is -0.312 e. The number of fused-ring (bicyclic) bond motifs is 1. The van der Waals surface area contributed by atoms with E-state index in [1.165, 1.54) is 0 Å². The topological polar surface area (TPSA) is 42.0 Å². The fourth-order valence-electron chi connectivity index (χ4n) is 1.78. The minimum absolute atomic E-state index is 0.682. The van der Waals surface area contributed by atoms with E-state index in [1.807, 2.05) is 12.1 Å². The summed E-state index contributed by atoms with van der Waals surface area (Å²) < 4.78 is 12.0. The number of pyridine rings is 1. The van der Waals surface area contributed by atoms with Crippen LogP contribution in [0.25, 0.3) is 10.9 Å². The summed E-state index contributed by atoms with van der Waals surface area (Å²) in [4.78, 5) is 4.43. The van der Waals surface area contributed by atoms with Crippen LogP contribution in [0.15, 0.2) is 34.9 Å². The number of rotatable bonds is 5. The van der Waals surface area contributed by atoms with E-state index in [1.54, 1.807) is 12.5 Å². The fourth-order valence-corrected chi connectivity index (χ4v) is 2.66. The maximum Gasteiger partial charge on any atom is 0.0758 e. The van der Waals surface area contributed by atoms with Crippen molar-refractivity contribution in [1.29, 1.82) is 0 Å². The van der Waals surface area contributed by atoms with Crippen LogP contribution in [0.4, 0.5) is 0 Å². The third-order valence-corrected chi connectivity index (χ3v) is 4.15. The van der Waals surface area contributed by atoms with Gasteiger partial charge >= 0.3 is 0 Å². The average molecular weight is 327 g/mol. The second-order valence-electron chi connectivity index (χ2n) is 4.06. The van der Waals surface area contributed by atoms with Crippen molar-refractivity contribution in [3.8, 4) is 0 Å². The Morgan fingerprint density at radius 3 is 3.00 bits per heavy atom. The number of hydrogen-bond acceptors (Lipinski definition) is 3. The van der Waals surface area contributed by atoms with Crippen LogP contribution in [0.5, 0.6) is 0 Å². The molecule has 96 valence electrons. The number of nitrogens with one attached hydrogen (secondary N) is 1. The zero-order chi connectivity index (χ0) is 13.0. The highest BCUT2D eigenvalue weighted by Gasteiger charge is 2.04. The van der Waals surface area contributed by atoms with Crippen LogP contribution >= 0.6 is 15.9 Å². The third-order valence-electron chi connectivity index (χ3n) is 2.68. The molecule has 0 bridgehead atoms. The molecule has 1 atom stereocenters. The highest BCUT2D eigenvalue weighted by molar-refractivity contribution is 9.10. The summed E-state index contributed by atoms with van der Waals surface area (Å²) in [5.74, 6) is 0.682. The second-order valence-corrected chi connectivity index (χ2v) is 6.47. The summed E-state index contributed by atoms with van der Waals surface area (Å²) in [7, 11) is -0.740. The van der Waals surface area contributed by atoms with E-state index in [2.05, 4.69) is 38.4 Å². The predicted molar refractivity (Wildman–Crippen MR) is 80.1 cm³/mol. The van der Waals surface area contributed by atoms with Crippen LogP contribution in [-0.2, 0) is 17.3 Å². The van der Waals surface area contributed by atoms with E-state index in [0.717, 1.165) is 34.0 Å². The first kappa shape index (κ1) is 13.6. The van der Waals surface area contributed by atoms with Crippen LogP contribution in [0, 0.1) is 0 Å². The Labute approximate surface area is 118 Å². The maximum absolute atomic E-state index is 11.0. The first-order valence-electron chi connectivity index (χ1n) is 5.71. The van der Waals surface area contributed by atoms with Gasteiger partial charge < -0.3 is 5.32 Å². The highest BCUT2D eigenvalue weighted by Crippen LogP contribution is 2.24. The van der Waals surface area contributed by atoms with Gasteiger partial charge in [-0.25, -0.2) is 0 Å². The van der Waals surface area contributed by atoms with Crippen LogP contribution in [0.2, 0.25) is 0 Å². The van der Waals surface area contributed by atoms with Crippen LogP contribution in [-0.4, -0.2) is 27.7 Å². The van der Waals surface area contributed by atoms with Crippen molar-refractivity contribution in [2.45, 2.75) is 6.54 Å².